The van der Waals surface area contributed by atoms with Gasteiger partial charge in [-0.15, -0.1) is 0 Å². The predicted octanol–water partition coefficient (Wildman–Crippen LogP) is 2.86. The minimum absolute atomic E-state index is 0. The molecule has 0 aliphatic heterocycles. The smallest absolute Gasteiger partial charge is 1.00 e. The van der Waals surface area contributed by atoms with Gasteiger partial charge in [-0.2, -0.15) is 0 Å². The minimum Gasteiger partial charge on any atom is -1.00 e. The molecule has 0 aromatic rings. The molecular formula is C28H42Cl2Zr. The molecule has 0 spiro atoms. The van der Waals surface area contributed by atoms with Crippen LogP contribution < -0.4 is 24.8 Å². The van der Waals surface area contributed by atoms with Gasteiger partial charge in [0.1, 0.15) is 0 Å². The first-order valence-corrected chi connectivity index (χ1v) is 14.5. The van der Waals surface area contributed by atoms with Crippen LogP contribution in [0.2, 0.25) is 6.25 Å². The number of hydrogen-bond donors (Lipinski definition) is 0. The van der Waals surface area contributed by atoms with E-state index >= 15 is 0 Å². The second-order valence-electron chi connectivity index (χ2n) is 12.4. The molecule has 0 aromatic heterocycles. The number of rotatable bonds is 4. The van der Waals surface area contributed by atoms with E-state index in [9.17, 15) is 0 Å². The van der Waals surface area contributed by atoms with E-state index in [0.717, 1.165) is 0 Å². The van der Waals surface area contributed by atoms with Crippen LogP contribution in [-0.2, 0) is 23.2 Å². The van der Waals surface area contributed by atoms with Crippen molar-refractivity contribution in [3.05, 3.63) is 48.6 Å². The normalized spacial score (nSPS) is 26.5. The molecule has 0 nitrogen and oxygen atoms in total. The van der Waals surface area contributed by atoms with Gasteiger partial charge in [-0.05, 0) is 0 Å². The Kier molecular flexibility index (Phi) is 8.24. The number of halogens is 2. The minimum atomic E-state index is -0.926. The van der Waals surface area contributed by atoms with Crippen molar-refractivity contribution in [1.29, 1.82) is 0 Å². The second-order valence-corrected chi connectivity index (χ2v) is 17.1. The van der Waals surface area contributed by atoms with E-state index in [1.807, 2.05) is 0 Å². The maximum absolute atomic E-state index is 2.70. The number of allylic oxidation sites excluding steroid dienone is 8. The summed E-state index contributed by atoms with van der Waals surface area (Å²) in [5.74, 6) is 0. The van der Waals surface area contributed by atoms with Crippen LogP contribution in [0.3, 0.4) is 0 Å². The fourth-order valence-corrected chi connectivity index (χ4v) is 15.5. The molecule has 2 saturated carbocycles. The maximum Gasteiger partial charge on any atom is -1.00 e. The molecule has 31 heavy (non-hydrogen) atoms. The third-order valence-electron chi connectivity index (χ3n) is 9.44. The molecule has 0 aromatic carbocycles. The van der Waals surface area contributed by atoms with Crippen LogP contribution in [0.15, 0.2) is 48.6 Å². The molecule has 0 atom stereocenters. The third-order valence-corrected chi connectivity index (χ3v) is 15.5. The van der Waals surface area contributed by atoms with Crippen molar-refractivity contribution < 1.29 is 48.0 Å². The van der Waals surface area contributed by atoms with Crippen molar-refractivity contribution in [3.8, 4) is 0 Å². The first-order valence-electron chi connectivity index (χ1n) is 12.1. The summed E-state index contributed by atoms with van der Waals surface area (Å²) in [4.78, 5) is 0. The van der Waals surface area contributed by atoms with Crippen molar-refractivity contribution in [2.75, 3.05) is 0 Å². The summed E-state index contributed by atoms with van der Waals surface area (Å²) in [6.07, 6.45) is 31.7. The van der Waals surface area contributed by atoms with Crippen LogP contribution in [0.1, 0.15) is 92.9 Å². The molecule has 0 N–H and O–H groups in total. The average molecular weight is 541 g/mol. The van der Waals surface area contributed by atoms with Crippen LogP contribution in [0, 0.1) is 21.7 Å². The Balaban J connectivity index is 0.00000171. The van der Waals surface area contributed by atoms with Crippen molar-refractivity contribution in [2.45, 2.75) is 99.2 Å². The van der Waals surface area contributed by atoms with Gasteiger partial charge in [0.15, 0.2) is 0 Å². The van der Waals surface area contributed by atoms with Gasteiger partial charge in [0.2, 0.25) is 0 Å². The molecule has 4 aliphatic carbocycles. The first-order chi connectivity index (χ1) is 13.5. The Hall–Kier alpha value is 0.423. The van der Waals surface area contributed by atoms with E-state index in [4.69, 9.17) is 0 Å². The van der Waals surface area contributed by atoms with Gasteiger partial charge < -0.3 is 24.8 Å². The van der Waals surface area contributed by atoms with Crippen molar-refractivity contribution >= 4 is 0 Å². The molecule has 0 bridgehead atoms. The summed E-state index contributed by atoms with van der Waals surface area (Å²) >= 11 is -0.926. The van der Waals surface area contributed by atoms with E-state index in [2.05, 4.69) is 90.2 Å². The Morgan fingerprint density at radius 1 is 0.516 bits per heavy atom. The molecule has 172 valence electrons. The summed E-state index contributed by atoms with van der Waals surface area (Å²) in [5, 5.41) is 0. The van der Waals surface area contributed by atoms with E-state index in [1.165, 1.54) is 51.4 Å². The van der Waals surface area contributed by atoms with Crippen molar-refractivity contribution in [3.63, 3.8) is 0 Å². The van der Waals surface area contributed by atoms with E-state index < -0.39 is 23.2 Å². The Morgan fingerprint density at radius 3 is 1.00 bits per heavy atom. The standard InChI is InChI=1S/2C14H21.2ClH.Zr/c2*1-13(2,3)14(10-6-7-11-14)12-8-4-5-9-12;;;/h2*4-5,8-9H,6-7,10-11H2,1-3H3;2*1H;/q;;;;+2/p-2. The second kappa shape index (κ2) is 9.23. The molecule has 0 amide bonds. The van der Waals surface area contributed by atoms with Gasteiger partial charge in [0.05, 0.1) is 0 Å². The topological polar surface area (TPSA) is 0 Å². The Labute approximate surface area is 216 Å². The van der Waals surface area contributed by atoms with Gasteiger partial charge in [0.25, 0.3) is 0 Å². The van der Waals surface area contributed by atoms with Gasteiger partial charge in [-0.25, -0.2) is 0 Å². The van der Waals surface area contributed by atoms with Gasteiger partial charge in [-0.1, -0.05) is 0 Å². The fraction of sp³-hybridized carbons (Fsp3) is 0.714. The zero-order valence-electron chi connectivity index (χ0n) is 20.5. The Bertz CT molecular complexity index is 657. The van der Waals surface area contributed by atoms with Gasteiger partial charge >= 0.3 is 193 Å². The average Bonchev–Trinajstić information content (AvgIpc) is 3.40. The summed E-state index contributed by atoms with van der Waals surface area (Å²) in [5.41, 5.74) is 1.57. The molecule has 4 aliphatic rings. The monoisotopic (exact) mass is 538 g/mol. The molecule has 3 heteroatoms. The van der Waals surface area contributed by atoms with E-state index in [1.54, 1.807) is 0 Å². The van der Waals surface area contributed by atoms with Crippen molar-refractivity contribution in [1.82, 2.24) is 0 Å². The molecule has 2 fully saturated rings. The molecule has 0 unspecified atom stereocenters. The van der Waals surface area contributed by atoms with Gasteiger partial charge in [-0.3, -0.25) is 0 Å². The summed E-state index contributed by atoms with van der Waals surface area (Å²) in [6, 6.07) is 0. The fourth-order valence-electron chi connectivity index (χ4n) is 7.85. The van der Waals surface area contributed by atoms with Crippen LogP contribution in [0.5, 0.6) is 0 Å². The Morgan fingerprint density at radius 2 is 0.774 bits per heavy atom. The summed E-state index contributed by atoms with van der Waals surface area (Å²) < 4.78 is 0.677. The van der Waals surface area contributed by atoms with Gasteiger partial charge in [0, 0.05) is 0 Å². The zero-order chi connectivity index (χ0) is 21.0. The predicted molar refractivity (Wildman–Crippen MR) is 123 cm³/mol. The van der Waals surface area contributed by atoms with E-state index in [-0.39, 0.29) is 24.8 Å². The quantitative estimate of drug-likeness (QED) is 0.515. The SMILES string of the molecule is CC(C)(C)C1([C]2([Zr+2][C]3(C4(C(C)(C)C)CCCC4)C=CC=C3)C=CC=C2)CCCC1.[Cl-].[Cl-]. The largest absolute Gasteiger partial charge is 1.00 e. The summed E-state index contributed by atoms with van der Waals surface area (Å²) in [7, 11) is 0. The van der Waals surface area contributed by atoms with Crippen LogP contribution >= 0.6 is 0 Å². The van der Waals surface area contributed by atoms with Crippen LogP contribution in [0.4, 0.5) is 0 Å². The number of hydrogen-bond acceptors (Lipinski definition) is 0. The molecule has 0 radical (unpaired) electrons. The van der Waals surface area contributed by atoms with Crippen LogP contribution in [0.25, 0.3) is 0 Å². The molecular weight excluding hydrogens is 498 g/mol. The maximum atomic E-state index is 2.70. The van der Waals surface area contributed by atoms with E-state index in [0.29, 0.717) is 27.9 Å². The molecule has 4 rings (SSSR count). The zero-order valence-corrected chi connectivity index (χ0v) is 24.5. The summed E-state index contributed by atoms with van der Waals surface area (Å²) in [6.45, 7) is 15.3. The first kappa shape index (κ1) is 27.7. The van der Waals surface area contributed by atoms with Crippen molar-refractivity contribution in [2.24, 2.45) is 21.7 Å². The molecule has 0 saturated heterocycles. The van der Waals surface area contributed by atoms with Crippen LogP contribution in [-0.4, -0.2) is 0 Å². The molecule has 0 heterocycles. The third kappa shape index (κ3) is 4.00.